The Hall–Kier alpha value is -6.70. The topological polar surface area (TPSA) is 3.24 Å². The number of hydrogen-bond donors (Lipinski definition) is 0. The van der Waals surface area contributed by atoms with E-state index in [2.05, 4.69) is 205 Å². The molecule has 0 amide bonds. The third kappa shape index (κ3) is 4.94. The van der Waals surface area contributed by atoms with E-state index in [1.165, 1.54) is 76.1 Å². The van der Waals surface area contributed by atoms with Crippen LogP contribution in [0.25, 0.3) is 76.1 Å². The van der Waals surface area contributed by atoms with E-state index in [4.69, 9.17) is 0 Å². The second kappa shape index (κ2) is 12.0. The van der Waals surface area contributed by atoms with Crippen LogP contribution in [0.4, 0.5) is 17.1 Å². The lowest BCUT2D eigenvalue weighted by Crippen LogP contribution is -2.10. The van der Waals surface area contributed by atoms with Crippen molar-refractivity contribution in [2.45, 2.75) is 0 Å². The van der Waals surface area contributed by atoms with Gasteiger partial charge in [-0.05, 0) is 107 Å². The van der Waals surface area contributed by atoms with E-state index in [1.54, 1.807) is 0 Å². The van der Waals surface area contributed by atoms with Gasteiger partial charge < -0.3 is 4.90 Å². The first-order chi connectivity index (χ1) is 25.3. The molecule has 10 aromatic carbocycles. The average Bonchev–Trinajstić information content (AvgIpc) is 3.21. The van der Waals surface area contributed by atoms with Crippen LogP contribution in [0.5, 0.6) is 0 Å². The largest absolute Gasteiger partial charge is 0.310 e. The summed E-state index contributed by atoms with van der Waals surface area (Å²) >= 11 is 0. The molecule has 0 aliphatic carbocycles. The first kappa shape index (κ1) is 29.2. The summed E-state index contributed by atoms with van der Waals surface area (Å²) in [7, 11) is 0. The minimum Gasteiger partial charge on any atom is -0.310 e. The smallest absolute Gasteiger partial charge is 0.0540 e. The summed E-state index contributed by atoms with van der Waals surface area (Å²) in [6, 6.07) is 73.0. The molecule has 0 aliphatic heterocycles. The van der Waals surface area contributed by atoms with Crippen molar-refractivity contribution in [1.82, 2.24) is 0 Å². The van der Waals surface area contributed by atoms with Gasteiger partial charge in [0.25, 0.3) is 0 Å². The van der Waals surface area contributed by atoms with Crippen LogP contribution >= 0.6 is 0 Å². The quantitative estimate of drug-likeness (QED) is 0.168. The Kier molecular flexibility index (Phi) is 6.89. The molecule has 0 aromatic heterocycles. The average molecular weight is 648 g/mol. The fraction of sp³-hybridized carbons (Fsp3) is 0. The van der Waals surface area contributed by atoms with E-state index in [0.29, 0.717) is 0 Å². The Morgan fingerprint density at radius 2 is 0.686 bits per heavy atom. The first-order valence-corrected chi connectivity index (χ1v) is 17.6. The molecule has 0 saturated carbocycles. The summed E-state index contributed by atoms with van der Waals surface area (Å²) in [5.41, 5.74) is 8.25. The highest BCUT2D eigenvalue weighted by atomic mass is 15.1. The number of nitrogens with zero attached hydrogens (tertiary/aromatic N) is 1. The predicted octanol–water partition coefficient (Wildman–Crippen LogP) is 14.3. The fourth-order valence-corrected chi connectivity index (χ4v) is 7.99. The SMILES string of the molecule is c1ccc2c(-c3ccc(N(c4ccc(-c5ccc6c7ccccc7c7ccccc7c6c5)cc4)c4cccc5ccccc45)cc3)cccc2c1. The van der Waals surface area contributed by atoms with Crippen LogP contribution in [0.3, 0.4) is 0 Å². The Labute approximate surface area is 297 Å². The number of anilines is 3. The maximum Gasteiger partial charge on any atom is 0.0540 e. The summed E-state index contributed by atoms with van der Waals surface area (Å²) < 4.78 is 0. The van der Waals surface area contributed by atoms with Gasteiger partial charge in [0.2, 0.25) is 0 Å². The lowest BCUT2D eigenvalue weighted by Gasteiger charge is -2.27. The van der Waals surface area contributed by atoms with Crippen molar-refractivity contribution in [3.63, 3.8) is 0 Å². The fourth-order valence-electron chi connectivity index (χ4n) is 7.99. The van der Waals surface area contributed by atoms with Crippen molar-refractivity contribution in [1.29, 1.82) is 0 Å². The van der Waals surface area contributed by atoms with Gasteiger partial charge in [0.15, 0.2) is 0 Å². The first-order valence-electron chi connectivity index (χ1n) is 17.6. The van der Waals surface area contributed by atoms with Gasteiger partial charge >= 0.3 is 0 Å². The van der Waals surface area contributed by atoms with Gasteiger partial charge in [-0.25, -0.2) is 0 Å². The standard InChI is InChI=1S/C50H33N/c1-3-15-41-35(11-1)13-9-21-42(41)37-25-30-40(31-26-37)51(50-22-10-14-36-12-2-4-16-43(36)50)39-28-23-34(24-29-39)38-27-32-48-46-19-6-5-17-44(46)45-18-7-8-20-47(45)49(48)33-38/h1-33H. The van der Waals surface area contributed by atoms with Crippen LogP contribution in [-0.2, 0) is 0 Å². The van der Waals surface area contributed by atoms with Gasteiger partial charge in [0.1, 0.15) is 0 Å². The molecule has 0 heterocycles. The summed E-state index contributed by atoms with van der Waals surface area (Å²) in [5, 5.41) is 12.7. The zero-order valence-electron chi connectivity index (χ0n) is 28.0. The molecular formula is C50H33N. The summed E-state index contributed by atoms with van der Waals surface area (Å²) in [6.07, 6.45) is 0. The number of hydrogen-bond acceptors (Lipinski definition) is 1. The van der Waals surface area contributed by atoms with E-state index in [1.807, 2.05) is 0 Å². The van der Waals surface area contributed by atoms with Crippen molar-refractivity contribution >= 4 is 70.9 Å². The molecule has 10 rings (SSSR count). The third-order valence-corrected chi connectivity index (χ3v) is 10.4. The van der Waals surface area contributed by atoms with Crippen LogP contribution in [0.2, 0.25) is 0 Å². The zero-order chi connectivity index (χ0) is 33.7. The maximum absolute atomic E-state index is 2.39. The predicted molar refractivity (Wildman–Crippen MR) is 220 cm³/mol. The minimum atomic E-state index is 1.12. The Morgan fingerprint density at radius 1 is 0.255 bits per heavy atom. The molecule has 0 fully saturated rings. The van der Waals surface area contributed by atoms with Gasteiger partial charge in [-0.1, -0.05) is 164 Å². The van der Waals surface area contributed by atoms with Crippen molar-refractivity contribution < 1.29 is 0 Å². The van der Waals surface area contributed by atoms with Crippen LogP contribution in [-0.4, -0.2) is 0 Å². The van der Waals surface area contributed by atoms with Gasteiger partial charge in [-0.3, -0.25) is 0 Å². The second-order valence-corrected chi connectivity index (χ2v) is 13.3. The normalized spacial score (nSPS) is 11.5. The molecule has 10 aromatic rings. The van der Waals surface area contributed by atoms with E-state index in [-0.39, 0.29) is 0 Å². The minimum absolute atomic E-state index is 1.12. The van der Waals surface area contributed by atoms with E-state index in [0.717, 1.165) is 17.1 Å². The lowest BCUT2D eigenvalue weighted by molar-refractivity contribution is 1.30. The van der Waals surface area contributed by atoms with Crippen LogP contribution in [0, 0.1) is 0 Å². The van der Waals surface area contributed by atoms with Crippen LogP contribution < -0.4 is 4.90 Å². The highest BCUT2D eigenvalue weighted by Gasteiger charge is 2.17. The number of fused-ring (bicyclic) bond motifs is 8. The van der Waals surface area contributed by atoms with Crippen molar-refractivity contribution in [3.05, 3.63) is 200 Å². The van der Waals surface area contributed by atoms with Gasteiger partial charge in [0.05, 0.1) is 5.69 Å². The van der Waals surface area contributed by atoms with E-state index < -0.39 is 0 Å². The van der Waals surface area contributed by atoms with Gasteiger partial charge in [-0.15, -0.1) is 0 Å². The molecule has 1 nitrogen and oxygen atoms in total. The van der Waals surface area contributed by atoms with Crippen LogP contribution in [0.1, 0.15) is 0 Å². The van der Waals surface area contributed by atoms with Gasteiger partial charge in [-0.2, -0.15) is 0 Å². The van der Waals surface area contributed by atoms with Gasteiger partial charge in [0, 0.05) is 16.8 Å². The van der Waals surface area contributed by atoms with E-state index in [9.17, 15) is 0 Å². The molecule has 0 aliphatic rings. The molecule has 0 radical (unpaired) electrons. The van der Waals surface area contributed by atoms with Crippen LogP contribution in [0.15, 0.2) is 200 Å². The molecular weight excluding hydrogens is 615 g/mol. The molecule has 51 heavy (non-hydrogen) atoms. The third-order valence-electron chi connectivity index (χ3n) is 10.4. The molecule has 0 unspecified atom stereocenters. The Balaban J connectivity index is 1.09. The monoisotopic (exact) mass is 647 g/mol. The van der Waals surface area contributed by atoms with E-state index >= 15 is 0 Å². The molecule has 0 saturated heterocycles. The maximum atomic E-state index is 2.39. The molecule has 0 bridgehead atoms. The summed E-state index contributed by atoms with van der Waals surface area (Å²) in [4.78, 5) is 2.39. The molecule has 0 spiro atoms. The van der Waals surface area contributed by atoms with Crippen molar-refractivity contribution in [2.75, 3.05) is 4.90 Å². The number of benzene rings is 10. The Bertz CT molecular complexity index is 2860. The highest BCUT2D eigenvalue weighted by molar-refractivity contribution is 6.25. The van der Waals surface area contributed by atoms with Crippen molar-refractivity contribution in [2.24, 2.45) is 0 Å². The molecule has 238 valence electrons. The second-order valence-electron chi connectivity index (χ2n) is 13.3. The van der Waals surface area contributed by atoms with Crippen molar-refractivity contribution in [3.8, 4) is 22.3 Å². The summed E-state index contributed by atoms with van der Waals surface area (Å²) in [5.74, 6) is 0. The molecule has 1 heteroatoms. The highest BCUT2D eigenvalue weighted by Crippen LogP contribution is 2.42. The zero-order valence-corrected chi connectivity index (χ0v) is 28.0. The summed E-state index contributed by atoms with van der Waals surface area (Å²) in [6.45, 7) is 0. The molecule has 0 atom stereocenters. The lowest BCUT2D eigenvalue weighted by atomic mass is 9.92. The number of rotatable bonds is 5. The molecule has 0 N–H and O–H groups in total. The Morgan fingerprint density at radius 3 is 1.31 bits per heavy atom.